The molecule has 236 valence electrons. The van der Waals surface area contributed by atoms with Gasteiger partial charge in [0.25, 0.3) is 10.0 Å². The molecule has 0 heterocycles. The van der Waals surface area contributed by atoms with Gasteiger partial charge in [0.1, 0.15) is 18.4 Å². The molecule has 0 saturated carbocycles. The molecule has 4 aromatic rings. The van der Waals surface area contributed by atoms with Gasteiger partial charge in [-0.05, 0) is 66.9 Å². The van der Waals surface area contributed by atoms with E-state index < -0.39 is 40.2 Å². The van der Waals surface area contributed by atoms with E-state index in [1.807, 2.05) is 44.2 Å². The highest BCUT2D eigenvalue weighted by atomic mass is 35.5. The molecule has 7 nitrogen and oxygen atoms in total. The second kappa shape index (κ2) is 15.4. The molecule has 0 radical (unpaired) electrons. The summed E-state index contributed by atoms with van der Waals surface area (Å²) in [6, 6.07) is 24.3. The Morgan fingerprint density at radius 2 is 1.49 bits per heavy atom. The summed E-state index contributed by atoms with van der Waals surface area (Å²) in [5.74, 6) is -1.50. The highest BCUT2D eigenvalue weighted by Crippen LogP contribution is 2.30. The van der Waals surface area contributed by atoms with Crippen LogP contribution in [0.4, 0.5) is 10.1 Å². The lowest BCUT2D eigenvalue weighted by molar-refractivity contribution is -0.140. The van der Waals surface area contributed by atoms with E-state index >= 15 is 0 Å². The van der Waals surface area contributed by atoms with Crippen molar-refractivity contribution in [3.05, 3.63) is 130 Å². The monoisotopic (exact) mass is 669 g/mol. The predicted octanol–water partition coefficient (Wildman–Crippen LogP) is 6.80. The Labute approximate surface area is 273 Å². The molecule has 4 rings (SSSR count). The van der Waals surface area contributed by atoms with Crippen LogP contribution in [-0.4, -0.2) is 44.3 Å². The SMILES string of the molecule is CCCNC(=O)C(Cc1ccccc1)N(Cc1ccc(F)cc1)C(=O)CN(c1cc(Cl)cc(Cl)c1)S(=O)(=O)c1ccc(C)cc1. The van der Waals surface area contributed by atoms with Crippen molar-refractivity contribution in [2.24, 2.45) is 0 Å². The topological polar surface area (TPSA) is 86.8 Å². The zero-order valence-corrected chi connectivity index (χ0v) is 27.2. The molecule has 0 fully saturated rings. The highest BCUT2D eigenvalue weighted by Gasteiger charge is 2.34. The van der Waals surface area contributed by atoms with Gasteiger partial charge < -0.3 is 10.2 Å². The van der Waals surface area contributed by atoms with E-state index in [1.54, 1.807) is 12.1 Å². The van der Waals surface area contributed by atoms with Gasteiger partial charge in [0.15, 0.2) is 0 Å². The molecule has 11 heteroatoms. The first-order chi connectivity index (χ1) is 21.5. The van der Waals surface area contributed by atoms with Gasteiger partial charge in [-0.25, -0.2) is 12.8 Å². The Morgan fingerprint density at radius 1 is 0.867 bits per heavy atom. The first kappa shape index (κ1) is 34.0. The summed E-state index contributed by atoms with van der Waals surface area (Å²) in [7, 11) is -4.31. The van der Waals surface area contributed by atoms with Gasteiger partial charge in [-0.15, -0.1) is 0 Å². The number of rotatable bonds is 13. The normalized spacial score (nSPS) is 11.9. The van der Waals surface area contributed by atoms with Gasteiger partial charge in [-0.3, -0.25) is 13.9 Å². The van der Waals surface area contributed by atoms with Gasteiger partial charge in [0.05, 0.1) is 10.6 Å². The molecule has 0 aromatic heterocycles. The lowest BCUT2D eigenvalue weighted by Crippen LogP contribution is -2.53. The van der Waals surface area contributed by atoms with Crippen molar-refractivity contribution in [3.63, 3.8) is 0 Å². The Morgan fingerprint density at radius 3 is 2.09 bits per heavy atom. The fourth-order valence-electron chi connectivity index (χ4n) is 4.76. The van der Waals surface area contributed by atoms with Crippen LogP contribution in [-0.2, 0) is 32.6 Å². The molecular weight excluding hydrogens is 636 g/mol. The third-order valence-corrected chi connectivity index (χ3v) is 9.33. The minimum absolute atomic E-state index is 0.0383. The summed E-state index contributed by atoms with van der Waals surface area (Å²) in [6.07, 6.45) is 0.838. The zero-order chi connectivity index (χ0) is 32.6. The standard InChI is InChI=1S/C34H34Cl2FN3O4S/c1-3-17-38-34(42)32(18-25-7-5-4-6-8-25)39(22-26-11-13-29(37)14-12-26)33(41)23-40(30-20-27(35)19-28(36)21-30)45(43,44)31-15-9-24(2)10-16-31/h4-16,19-21,32H,3,17-18,22-23H2,1-2H3,(H,38,42). The maximum atomic E-state index is 14.4. The summed E-state index contributed by atoms with van der Waals surface area (Å²) in [5, 5.41) is 3.24. The number of aryl methyl sites for hydroxylation is 1. The Balaban J connectivity index is 1.81. The fraction of sp³-hybridized carbons (Fsp3) is 0.235. The Bertz CT molecular complexity index is 1700. The minimum Gasteiger partial charge on any atom is -0.354 e. The number of benzene rings is 4. The maximum Gasteiger partial charge on any atom is 0.264 e. The number of nitrogens with one attached hydrogen (secondary N) is 1. The number of carbonyl (C=O) groups is 2. The average Bonchev–Trinajstić information content (AvgIpc) is 3.01. The molecule has 0 saturated heterocycles. The van der Waals surface area contributed by atoms with E-state index in [9.17, 15) is 22.4 Å². The highest BCUT2D eigenvalue weighted by molar-refractivity contribution is 7.92. The second-order valence-electron chi connectivity index (χ2n) is 10.6. The number of carbonyl (C=O) groups excluding carboxylic acids is 2. The second-order valence-corrected chi connectivity index (χ2v) is 13.3. The average molecular weight is 671 g/mol. The van der Waals surface area contributed by atoms with Crippen LogP contribution in [0.1, 0.15) is 30.0 Å². The first-order valence-corrected chi connectivity index (χ1v) is 16.6. The van der Waals surface area contributed by atoms with Crippen molar-refractivity contribution in [3.8, 4) is 0 Å². The quantitative estimate of drug-likeness (QED) is 0.170. The van der Waals surface area contributed by atoms with E-state index in [1.165, 1.54) is 59.5 Å². The summed E-state index contributed by atoms with van der Waals surface area (Å²) >= 11 is 12.6. The first-order valence-electron chi connectivity index (χ1n) is 14.4. The third-order valence-electron chi connectivity index (χ3n) is 7.11. The van der Waals surface area contributed by atoms with Gasteiger partial charge in [-0.2, -0.15) is 0 Å². The molecule has 4 aromatic carbocycles. The molecular formula is C34H34Cl2FN3O4S. The van der Waals surface area contributed by atoms with Crippen LogP contribution in [0.5, 0.6) is 0 Å². The van der Waals surface area contributed by atoms with Crippen LogP contribution in [0.2, 0.25) is 10.0 Å². The van der Waals surface area contributed by atoms with E-state index in [-0.39, 0.29) is 33.6 Å². The maximum absolute atomic E-state index is 14.4. The minimum atomic E-state index is -4.31. The van der Waals surface area contributed by atoms with Crippen molar-refractivity contribution in [1.82, 2.24) is 10.2 Å². The van der Waals surface area contributed by atoms with Crippen molar-refractivity contribution < 1.29 is 22.4 Å². The van der Waals surface area contributed by atoms with E-state index in [0.717, 1.165) is 15.4 Å². The molecule has 2 amide bonds. The van der Waals surface area contributed by atoms with Gasteiger partial charge in [0, 0.05) is 29.6 Å². The molecule has 0 bridgehead atoms. The smallest absolute Gasteiger partial charge is 0.264 e. The predicted molar refractivity (Wildman–Crippen MR) is 176 cm³/mol. The third kappa shape index (κ3) is 9.06. The number of halogens is 3. The van der Waals surface area contributed by atoms with E-state index in [4.69, 9.17) is 23.2 Å². The van der Waals surface area contributed by atoms with Gasteiger partial charge in [0.2, 0.25) is 11.8 Å². The van der Waals surface area contributed by atoms with Crippen molar-refractivity contribution >= 4 is 50.7 Å². The molecule has 45 heavy (non-hydrogen) atoms. The summed E-state index contributed by atoms with van der Waals surface area (Å²) in [4.78, 5) is 29.4. The Kier molecular flexibility index (Phi) is 11.6. The van der Waals surface area contributed by atoms with Gasteiger partial charge >= 0.3 is 0 Å². The van der Waals surface area contributed by atoms with Crippen LogP contribution in [0.3, 0.4) is 0 Å². The molecule has 0 aliphatic rings. The largest absolute Gasteiger partial charge is 0.354 e. The van der Waals surface area contributed by atoms with Crippen LogP contribution < -0.4 is 9.62 Å². The lowest BCUT2D eigenvalue weighted by Gasteiger charge is -2.34. The van der Waals surface area contributed by atoms with Crippen molar-refractivity contribution in [1.29, 1.82) is 0 Å². The summed E-state index contributed by atoms with van der Waals surface area (Å²) in [5.41, 5.74) is 2.30. The zero-order valence-electron chi connectivity index (χ0n) is 24.9. The van der Waals surface area contributed by atoms with E-state index in [0.29, 0.717) is 18.5 Å². The molecule has 1 unspecified atom stereocenters. The van der Waals surface area contributed by atoms with Crippen LogP contribution in [0.15, 0.2) is 102 Å². The number of hydrogen-bond acceptors (Lipinski definition) is 4. The number of hydrogen-bond donors (Lipinski definition) is 1. The number of sulfonamides is 1. The Hall–Kier alpha value is -3.92. The van der Waals surface area contributed by atoms with Crippen molar-refractivity contribution in [2.45, 2.75) is 44.2 Å². The number of amides is 2. The molecule has 1 atom stereocenters. The molecule has 0 aliphatic heterocycles. The molecule has 0 aliphatic carbocycles. The van der Waals surface area contributed by atoms with Crippen LogP contribution in [0, 0.1) is 12.7 Å². The van der Waals surface area contributed by atoms with Gasteiger partial charge in [-0.1, -0.05) is 90.3 Å². The van der Waals surface area contributed by atoms with Crippen LogP contribution >= 0.6 is 23.2 Å². The van der Waals surface area contributed by atoms with Crippen LogP contribution in [0.25, 0.3) is 0 Å². The summed E-state index contributed by atoms with van der Waals surface area (Å²) < 4.78 is 43.0. The number of nitrogens with zero attached hydrogens (tertiary/aromatic N) is 2. The molecule has 1 N–H and O–H groups in total. The lowest BCUT2D eigenvalue weighted by atomic mass is 10.0. The fourth-order valence-corrected chi connectivity index (χ4v) is 6.67. The molecule has 0 spiro atoms. The number of anilines is 1. The van der Waals surface area contributed by atoms with Crippen molar-refractivity contribution in [2.75, 3.05) is 17.4 Å². The van der Waals surface area contributed by atoms with E-state index in [2.05, 4.69) is 5.32 Å². The summed E-state index contributed by atoms with van der Waals surface area (Å²) in [6.45, 7) is 3.39.